The summed E-state index contributed by atoms with van der Waals surface area (Å²) in [4.78, 5) is 27.7. The third kappa shape index (κ3) is 4.03. The summed E-state index contributed by atoms with van der Waals surface area (Å²) in [5.74, 6) is -3.01. The first kappa shape index (κ1) is 19.1. The van der Waals surface area contributed by atoms with E-state index in [2.05, 4.69) is 15.7 Å². The summed E-state index contributed by atoms with van der Waals surface area (Å²) < 4.78 is 50.6. The number of halogens is 4. The molecule has 1 aromatic carbocycles. The summed E-state index contributed by atoms with van der Waals surface area (Å²) in [6, 6.07) is 6.53. The lowest BCUT2D eigenvalue weighted by Gasteiger charge is -2.29. The Morgan fingerprint density at radius 1 is 1.18 bits per heavy atom. The van der Waals surface area contributed by atoms with Crippen LogP contribution in [0.3, 0.4) is 0 Å². The first-order valence-corrected chi connectivity index (χ1v) is 7.76. The van der Waals surface area contributed by atoms with E-state index < -0.39 is 40.8 Å². The number of benzene rings is 1. The molecule has 0 unspecified atom stereocenters. The number of anilines is 2. The molecule has 28 heavy (non-hydrogen) atoms. The maximum Gasteiger partial charge on any atom is 0.433 e. The largest absolute Gasteiger partial charge is 0.509 e. The van der Waals surface area contributed by atoms with Crippen LogP contribution in [0.1, 0.15) is 5.69 Å². The van der Waals surface area contributed by atoms with Crippen LogP contribution >= 0.6 is 0 Å². The van der Waals surface area contributed by atoms with Gasteiger partial charge in [0.2, 0.25) is 0 Å². The summed E-state index contributed by atoms with van der Waals surface area (Å²) in [5, 5.41) is 13.5. The van der Waals surface area contributed by atoms with E-state index in [9.17, 15) is 32.3 Å². The van der Waals surface area contributed by atoms with Gasteiger partial charge in [0, 0.05) is 5.69 Å². The quantitative estimate of drug-likeness (QED) is 0.548. The number of alkyl halides is 3. The minimum absolute atomic E-state index is 0.0749. The Balaban J connectivity index is 1.76. The molecule has 1 aromatic heterocycles. The maximum atomic E-state index is 12.9. The molecule has 2 aromatic rings. The predicted molar refractivity (Wildman–Crippen MR) is 89.4 cm³/mol. The minimum Gasteiger partial charge on any atom is -0.509 e. The molecule has 1 aliphatic rings. The lowest BCUT2D eigenvalue weighted by molar-refractivity contribution is -0.141. The van der Waals surface area contributed by atoms with Crippen LogP contribution in [0.2, 0.25) is 0 Å². The number of pyridine rings is 1. The van der Waals surface area contributed by atoms with Crippen LogP contribution in [0, 0.1) is 5.82 Å². The van der Waals surface area contributed by atoms with Gasteiger partial charge < -0.3 is 10.4 Å². The van der Waals surface area contributed by atoms with Crippen LogP contribution in [0.15, 0.2) is 53.9 Å². The van der Waals surface area contributed by atoms with E-state index in [0.29, 0.717) is 0 Å². The third-order valence-corrected chi connectivity index (χ3v) is 3.74. The fraction of sp³-hybridized carbons (Fsp3) is 0.118. The molecule has 2 heterocycles. The molecule has 0 saturated heterocycles. The van der Waals surface area contributed by atoms with Gasteiger partial charge in [-0.25, -0.2) is 9.37 Å². The predicted octanol–water partition coefficient (Wildman–Crippen LogP) is 2.54. The van der Waals surface area contributed by atoms with Gasteiger partial charge in [0.1, 0.15) is 22.8 Å². The van der Waals surface area contributed by atoms with Gasteiger partial charge in [-0.15, -0.1) is 0 Å². The summed E-state index contributed by atoms with van der Waals surface area (Å²) >= 11 is 0. The number of carbonyl (C=O) groups excluding carboxylic acids is 2. The molecule has 0 saturated carbocycles. The highest BCUT2D eigenvalue weighted by Crippen LogP contribution is 2.28. The SMILES string of the molecule is O=C(Nc1ccc(F)cc1)C1=C(O)CN(c2ccc(C(F)(F)F)nc2)NC1=O. The van der Waals surface area contributed by atoms with Crippen molar-refractivity contribution in [2.45, 2.75) is 6.18 Å². The highest BCUT2D eigenvalue weighted by Gasteiger charge is 2.34. The molecule has 0 radical (unpaired) electrons. The Morgan fingerprint density at radius 2 is 1.86 bits per heavy atom. The van der Waals surface area contributed by atoms with Gasteiger partial charge in [0.25, 0.3) is 11.8 Å². The van der Waals surface area contributed by atoms with Gasteiger partial charge in [0.15, 0.2) is 0 Å². The van der Waals surface area contributed by atoms with E-state index >= 15 is 0 Å². The zero-order valence-corrected chi connectivity index (χ0v) is 13.9. The molecule has 7 nitrogen and oxygen atoms in total. The first-order valence-electron chi connectivity index (χ1n) is 7.76. The highest BCUT2D eigenvalue weighted by atomic mass is 19.4. The number of rotatable bonds is 3. The number of aliphatic hydroxyl groups is 1. The summed E-state index contributed by atoms with van der Waals surface area (Å²) in [7, 11) is 0. The molecule has 0 bridgehead atoms. The Hall–Kier alpha value is -3.63. The average Bonchev–Trinajstić information content (AvgIpc) is 2.62. The summed E-state index contributed by atoms with van der Waals surface area (Å²) in [5.41, 5.74) is 0.878. The van der Waals surface area contributed by atoms with E-state index in [1.807, 2.05) is 0 Å². The monoisotopic (exact) mass is 396 g/mol. The molecule has 146 valence electrons. The molecule has 3 rings (SSSR count). The van der Waals surface area contributed by atoms with Gasteiger partial charge in [0.05, 0.1) is 18.4 Å². The number of hydrazine groups is 1. The van der Waals surface area contributed by atoms with E-state index in [0.717, 1.165) is 35.5 Å². The van der Waals surface area contributed by atoms with Crippen molar-refractivity contribution >= 4 is 23.2 Å². The van der Waals surface area contributed by atoms with E-state index in [1.165, 1.54) is 12.1 Å². The average molecular weight is 396 g/mol. The standard InChI is InChI=1S/C17H12F4N4O3/c18-9-1-3-10(4-2-9)23-15(27)14-12(26)8-25(24-16(14)28)11-5-6-13(22-7-11)17(19,20)21/h1-7,26H,8H2,(H,23,27)(H,24,28). The number of hydrogen-bond donors (Lipinski definition) is 3. The fourth-order valence-corrected chi connectivity index (χ4v) is 2.41. The van der Waals surface area contributed by atoms with Crippen LogP contribution in [-0.4, -0.2) is 28.4 Å². The van der Waals surface area contributed by atoms with Crippen molar-refractivity contribution in [1.82, 2.24) is 10.4 Å². The van der Waals surface area contributed by atoms with Gasteiger partial charge in [-0.05, 0) is 36.4 Å². The van der Waals surface area contributed by atoms with Crippen LogP contribution in [0.4, 0.5) is 28.9 Å². The van der Waals surface area contributed by atoms with E-state index in [1.54, 1.807) is 0 Å². The van der Waals surface area contributed by atoms with Crippen LogP contribution in [-0.2, 0) is 15.8 Å². The number of aliphatic hydroxyl groups excluding tert-OH is 1. The normalized spacial score (nSPS) is 14.7. The van der Waals surface area contributed by atoms with Gasteiger partial charge >= 0.3 is 6.18 Å². The number of amides is 2. The lowest BCUT2D eigenvalue weighted by Crippen LogP contribution is -2.50. The highest BCUT2D eigenvalue weighted by molar-refractivity contribution is 6.23. The summed E-state index contributed by atoms with van der Waals surface area (Å²) in [6.07, 6.45) is -3.74. The van der Waals surface area contributed by atoms with E-state index in [4.69, 9.17) is 0 Å². The molecule has 0 aliphatic carbocycles. The summed E-state index contributed by atoms with van der Waals surface area (Å²) in [6.45, 7) is -0.370. The lowest BCUT2D eigenvalue weighted by atomic mass is 10.1. The fourth-order valence-electron chi connectivity index (χ4n) is 2.41. The van der Waals surface area contributed by atoms with Crippen molar-refractivity contribution in [2.24, 2.45) is 0 Å². The minimum atomic E-state index is -4.61. The van der Waals surface area contributed by atoms with Crippen LogP contribution in [0.5, 0.6) is 0 Å². The van der Waals surface area contributed by atoms with E-state index in [-0.39, 0.29) is 17.9 Å². The Labute approximate surface area is 155 Å². The van der Waals surface area contributed by atoms with Gasteiger partial charge in [-0.2, -0.15) is 13.2 Å². The molecular formula is C17H12F4N4O3. The third-order valence-electron chi connectivity index (χ3n) is 3.74. The molecule has 0 atom stereocenters. The molecular weight excluding hydrogens is 384 g/mol. The smallest absolute Gasteiger partial charge is 0.433 e. The van der Waals surface area contributed by atoms with Crippen LogP contribution in [0.25, 0.3) is 0 Å². The second-order valence-corrected chi connectivity index (χ2v) is 5.71. The van der Waals surface area contributed by atoms with Gasteiger partial charge in [-0.3, -0.25) is 20.0 Å². The first-order chi connectivity index (χ1) is 13.1. The number of nitrogens with zero attached hydrogens (tertiary/aromatic N) is 2. The number of hydrogen-bond acceptors (Lipinski definition) is 5. The zero-order chi connectivity index (χ0) is 20.5. The van der Waals surface area contributed by atoms with Crippen LogP contribution < -0.4 is 15.8 Å². The second kappa shape index (κ2) is 7.18. The molecule has 2 amide bonds. The maximum absolute atomic E-state index is 12.9. The number of carbonyl (C=O) groups is 2. The van der Waals surface area contributed by atoms with Crippen molar-refractivity contribution < 1.29 is 32.3 Å². The molecule has 1 aliphatic heterocycles. The number of nitrogens with one attached hydrogen (secondary N) is 2. The Kier molecular flexibility index (Phi) is 4.91. The van der Waals surface area contributed by atoms with Crippen molar-refractivity contribution in [3.63, 3.8) is 0 Å². The zero-order valence-electron chi connectivity index (χ0n) is 13.9. The Bertz CT molecular complexity index is 940. The van der Waals surface area contributed by atoms with Crippen molar-refractivity contribution in [3.8, 4) is 0 Å². The molecule has 3 N–H and O–H groups in total. The molecule has 0 spiro atoms. The Morgan fingerprint density at radius 3 is 2.39 bits per heavy atom. The topological polar surface area (TPSA) is 94.6 Å². The number of aromatic nitrogens is 1. The van der Waals surface area contributed by atoms with Crippen molar-refractivity contribution in [1.29, 1.82) is 0 Å². The second-order valence-electron chi connectivity index (χ2n) is 5.71. The van der Waals surface area contributed by atoms with Crippen molar-refractivity contribution in [2.75, 3.05) is 16.9 Å². The molecule has 0 fully saturated rings. The molecule has 11 heteroatoms. The van der Waals surface area contributed by atoms with Gasteiger partial charge in [-0.1, -0.05) is 0 Å². The van der Waals surface area contributed by atoms with Crippen molar-refractivity contribution in [3.05, 3.63) is 65.4 Å².